The Morgan fingerprint density at radius 1 is 0.826 bits per heavy atom. The van der Waals surface area contributed by atoms with E-state index in [4.69, 9.17) is 9.11 Å². The molecule has 0 saturated carbocycles. The van der Waals surface area contributed by atoms with Gasteiger partial charge in [0.1, 0.15) is 0 Å². The normalized spacial score (nSPS) is 12.4. The van der Waals surface area contributed by atoms with E-state index in [1.54, 1.807) is 0 Å². The van der Waals surface area contributed by atoms with Crippen LogP contribution in [0, 0.1) is 0 Å². The highest BCUT2D eigenvalue weighted by atomic mass is 32.2. The molecule has 0 aromatic heterocycles. The molecule has 122 valence electrons. The van der Waals surface area contributed by atoms with E-state index >= 15 is 0 Å². The van der Waals surface area contributed by atoms with Crippen molar-refractivity contribution in [3.05, 3.63) is 48.5 Å². The molecule has 0 aliphatic heterocycles. The molecule has 0 unspecified atom stereocenters. The second kappa shape index (κ2) is 6.42. The fraction of sp³-hybridized carbons (Fsp3) is 0. The monoisotopic (exact) mass is 357 g/mol. The lowest BCUT2D eigenvalue weighted by Crippen LogP contribution is -1.98. The zero-order chi connectivity index (χ0) is 17.1. The lowest BCUT2D eigenvalue weighted by molar-refractivity contribution is 0.481. The SMILES string of the molecule is O=S(=O)(O)c1cccc(/N=N/Nc2cccc(S(=O)(=O)O)c2)c1. The van der Waals surface area contributed by atoms with E-state index in [0.29, 0.717) is 0 Å². The summed E-state index contributed by atoms with van der Waals surface area (Å²) in [7, 11) is -8.67. The standard InChI is InChI=1S/C12H11N3O6S2/c16-22(17,18)11-5-1-3-9(7-11)13-15-14-10-4-2-6-12(8-10)23(19,20)21/h1-8H,(H,13,14)(H,16,17,18)(H,19,20,21). The van der Waals surface area contributed by atoms with Gasteiger partial charge in [0.2, 0.25) is 0 Å². The minimum Gasteiger partial charge on any atom is -0.282 e. The minimum absolute atomic E-state index is 0.151. The van der Waals surface area contributed by atoms with Crippen LogP contribution in [0.25, 0.3) is 0 Å². The molecule has 2 aromatic carbocycles. The van der Waals surface area contributed by atoms with Crippen molar-refractivity contribution >= 4 is 31.6 Å². The van der Waals surface area contributed by atoms with Crippen molar-refractivity contribution in [2.24, 2.45) is 10.3 Å². The fourth-order valence-electron chi connectivity index (χ4n) is 1.57. The van der Waals surface area contributed by atoms with Gasteiger partial charge in [0, 0.05) is 0 Å². The van der Waals surface area contributed by atoms with Crippen molar-refractivity contribution in [1.82, 2.24) is 0 Å². The van der Waals surface area contributed by atoms with E-state index in [2.05, 4.69) is 15.8 Å². The number of rotatable bonds is 5. The fourth-order valence-corrected chi connectivity index (χ4v) is 2.62. The van der Waals surface area contributed by atoms with Crippen molar-refractivity contribution in [3.8, 4) is 0 Å². The molecule has 0 aliphatic rings. The van der Waals surface area contributed by atoms with Gasteiger partial charge >= 0.3 is 0 Å². The maximum Gasteiger partial charge on any atom is 0.294 e. The molecule has 0 spiro atoms. The van der Waals surface area contributed by atoms with Crippen LogP contribution in [0.2, 0.25) is 0 Å². The number of anilines is 1. The summed E-state index contributed by atoms with van der Waals surface area (Å²) in [4.78, 5) is -0.645. The summed E-state index contributed by atoms with van der Waals surface area (Å²) in [6.45, 7) is 0. The maximum absolute atomic E-state index is 11.0. The van der Waals surface area contributed by atoms with Crippen molar-refractivity contribution in [2.45, 2.75) is 9.79 Å². The van der Waals surface area contributed by atoms with Crippen LogP contribution in [0.3, 0.4) is 0 Å². The second-order valence-corrected chi connectivity index (χ2v) is 7.13. The van der Waals surface area contributed by atoms with Crippen LogP contribution < -0.4 is 5.43 Å². The van der Waals surface area contributed by atoms with Gasteiger partial charge in [0.05, 0.1) is 21.2 Å². The molecule has 11 heteroatoms. The second-order valence-electron chi connectivity index (χ2n) is 4.29. The first-order valence-electron chi connectivity index (χ1n) is 5.98. The van der Waals surface area contributed by atoms with E-state index in [0.717, 1.165) is 12.1 Å². The molecule has 0 atom stereocenters. The van der Waals surface area contributed by atoms with Crippen LogP contribution in [0.1, 0.15) is 0 Å². The third-order valence-electron chi connectivity index (χ3n) is 2.59. The Labute approximate surface area is 132 Å². The number of benzene rings is 2. The summed E-state index contributed by atoms with van der Waals surface area (Å²) in [5, 5.41) is 7.27. The predicted octanol–water partition coefficient (Wildman–Crippen LogP) is 2.29. The summed E-state index contributed by atoms with van der Waals surface area (Å²) >= 11 is 0. The molecule has 23 heavy (non-hydrogen) atoms. The molecule has 2 rings (SSSR count). The Bertz CT molecular complexity index is 954. The molecular formula is C12H11N3O6S2. The Morgan fingerprint density at radius 3 is 2.00 bits per heavy atom. The molecule has 0 saturated heterocycles. The van der Waals surface area contributed by atoms with Gasteiger partial charge in [-0.05, 0) is 36.4 Å². The van der Waals surface area contributed by atoms with Gasteiger partial charge in [0.25, 0.3) is 20.2 Å². The third kappa shape index (κ3) is 4.82. The zero-order valence-corrected chi connectivity index (χ0v) is 13.0. The van der Waals surface area contributed by atoms with Crippen LogP contribution in [-0.4, -0.2) is 25.9 Å². The zero-order valence-electron chi connectivity index (χ0n) is 11.4. The van der Waals surface area contributed by atoms with E-state index in [1.807, 2.05) is 0 Å². The average Bonchev–Trinajstić information content (AvgIpc) is 2.46. The van der Waals surface area contributed by atoms with Crippen molar-refractivity contribution in [1.29, 1.82) is 0 Å². The summed E-state index contributed by atoms with van der Waals surface area (Å²) < 4.78 is 61.9. The van der Waals surface area contributed by atoms with Gasteiger partial charge in [-0.2, -0.15) is 16.8 Å². The first kappa shape index (κ1) is 17.0. The number of nitrogens with zero attached hydrogens (tertiary/aromatic N) is 2. The van der Waals surface area contributed by atoms with Crippen molar-refractivity contribution < 1.29 is 25.9 Å². The van der Waals surface area contributed by atoms with E-state index in [9.17, 15) is 16.8 Å². The molecule has 3 N–H and O–H groups in total. The predicted molar refractivity (Wildman–Crippen MR) is 80.7 cm³/mol. The highest BCUT2D eigenvalue weighted by molar-refractivity contribution is 7.86. The van der Waals surface area contributed by atoms with Crippen LogP contribution in [0.5, 0.6) is 0 Å². The third-order valence-corrected chi connectivity index (χ3v) is 4.29. The maximum atomic E-state index is 11.0. The van der Waals surface area contributed by atoms with Gasteiger partial charge in [-0.3, -0.25) is 14.5 Å². The number of hydrogen-bond donors (Lipinski definition) is 3. The average molecular weight is 357 g/mol. The molecule has 9 nitrogen and oxygen atoms in total. The van der Waals surface area contributed by atoms with Gasteiger partial charge in [-0.1, -0.05) is 17.4 Å². The van der Waals surface area contributed by atoms with Crippen molar-refractivity contribution in [3.63, 3.8) is 0 Å². The molecule has 0 fully saturated rings. The Hall–Kier alpha value is -2.34. The molecule has 0 radical (unpaired) electrons. The van der Waals surface area contributed by atoms with Crippen LogP contribution in [-0.2, 0) is 20.2 Å². The summed E-state index contributed by atoms with van der Waals surface area (Å²) in [6, 6.07) is 10.3. The van der Waals surface area contributed by atoms with E-state index in [1.165, 1.54) is 36.4 Å². The lowest BCUT2D eigenvalue weighted by atomic mass is 10.3. The van der Waals surface area contributed by atoms with Crippen molar-refractivity contribution in [2.75, 3.05) is 5.43 Å². The highest BCUT2D eigenvalue weighted by Gasteiger charge is 2.10. The summed E-state index contributed by atoms with van der Waals surface area (Å²) in [5.74, 6) is 0. The topological polar surface area (TPSA) is 145 Å². The molecule has 0 bridgehead atoms. The number of nitrogens with one attached hydrogen (secondary N) is 1. The van der Waals surface area contributed by atoms with E-state index in [-0.39, 0.29) is 21.2 Å². The van der Waals surface area contributed by atoms with Gasteiger partial charge in [-0.25, -0.2) is 0 Å². The molecular weight excluding hydrogens is 346 g/mol. The first-order chi connectivity index (χ1) is 10.7. The van der Waals surface area contributed by atoms with Gasteiger partial charge in [0.15, 0.2) is 0 Å². The summed E-state index contributed by atoms with van der Waals surface area (Å²) in [5.41, 5.74) is 2.83. The molecule has 2 aromatic rings. The quantitative estimate of drug-likeness (QED) is 0.423. The van der Waals surface area contributed by atoms with Gasteiger partial charge in [-0.15, -0.1) is 5.11 Å². The Balaban J connectivity index is 2.17. The van der Waals surface area contributed by atoms with Crippen LogP contribution in [0.15, 0.2) is 68.7 Å². The minimum atomic E-state index is -4.34. The Morgan fingerprint density at radius 2 is 1.39 bits per heavy atom. The van der Waals surface area contributed by atoms with Crippen LogP contribution >= 0.6 is 0 Å². The largest absolute Gasteiger partial charge is 0.294 e. The van der Waals surface area contributed by atoms with E-state index < -0.39 is 20.2 Å². The highest BCUT2D eigenvalue weighted by Crippen LogP contribution is 2.19. The smallest absolute Gasteiger partial charge is 0.282 e. The molecule has 0 aliphatic carbocycles. The first-order valence-corrected chi connectivity index (χ1v) is 8.86. The Kier molecular flexibility index (Phi) is 4.75. The molecule has 0 amide bonds. The van der Waals surface area contributed by atoms with Gasteiger partial charge < -0.3 is 0 Å². The number of hydrogen-bond acceptors (Lipinski definition) is 6. The molecule has 0 heterocycles. The summed E-state index contributed by atoms with van der Waals surface area (Å²) in [6.07, 6.45) is 0. The van der Waals surface area contributed by atoms with Crippen LogP contribution in [0.4, 0.5) is 11.4 Å². The lowest BCUT2D eigenvalue weighted by Gasteiger charge is -2.02.